The molecule has 0 bridgehead atoms. The number of hydrogen-bond acceptors (Lipinski definition) is 13. The Kier molecular flexibility index (Phi) is 44.0. The van der Waals surface area contributed by atoms with E-state index in [1.54, 1.807) is 22.8 Å². The van der Waals surface area contributed by atoms with Gasteiger partial charge in [-0.3, -0.25) is 0 Å². The summed E-state index contributed by atoms with van der Waals surface area (Å²) in [5, 5.41) is 11.4. The summed E-state index contributed by atoms with van der Waals surface area (Å²) in [6, 6.07) is 0. The summed E-state index contributed by atoms with van der Waals surface area (Å²) in [7, 11) is 0. The molecule has 0 aliphatic heterocycles. The molecule has 0 saturated heterocycles. The summed E-state index contributed by atoms with van der Waals surface area (Å²) in [4.78, 5) is 0. The van der Waals surface area contributed by atoms with Crippen molar-refractivity contribution in [1.82, 2.24) is 0 Å². The van der Waals surface area contributed by atoms with Gasteiger partial charge >= 0.3 is 0 Å². The lowest BCUT2D eigenvalue weighted by atomic mass is 10.1. The van der Waals surface area contributed by atoms with Gasteiger partial charge in [-0.1, -0.05) is 209 Å². The van der Waals surface area contributed by atoms with Crippen LogP contribution in [0.25, 0.3) is 0 Å². The highest BCUT2D eigenvalue weighted by atomic mass is 32.9. The summed E-state index contributed by atoms with van der Waals surface area (Å²) < 4.78 is 39.6. The maximum absolute atomic E-state index is 11.4. The smallest absolute Gasteiger partial charge is 0.248 e. The Morgan fingerprint density at radius 1 is 0.406 bits per heavy atom. The Balaban J connectivity index is 6.49. The lowest BCUT2D eigenvalue weighted by molar-refractivity contribution is 0.181. The van der Waals surface area contributed by atoms with E-state index in [0.717, 1.165) is 51.4 Å². The van der Waals surface area contributed by atoms with Crippen LogP contribution in [0.2, 0.25) is 0 Å². The third-order valence-corrected chi connectivity index (χ3v) is 27.0. The van der Waals surface area contributed by atoms with Crippen LogP contribution in [0.15, 0.2) is 0 Å². The molecule has 64 heavy (non-hydrogen) atoms. The molecular formula is C48H101O7P3S6. The van der Waals surface area contributed by atoms with Crippen molar-refractivity contribution < 1.29 is 32.2 Å². The van der Waals surface area contributed by atoms with Crippen LogP contribution in [0.5, 0.6) is 0 Å². The lowest BCUT2D eigenvalue weighted by Gasteiger charge is -2.32. The van der Waals surface area contributed by atoms with E-state index < -0.39 is 23.2 Å². The molecular weight excluding hydrogens is 974 g/mol. The first kappa shape index (κ1) is 66.7. The molecule has 386 valence electrons. The van der Waals surface area contributed by atoms with Crippen LogP contribution < -0.4 is 0 Å². The number of rotatable bonds is 48. The van der Waals surface area contributed by atoms with Gasteiger partial charge in [-0.2, -0.15) is 0 Å². The van der Waals surface area contributed by atoms with Gasteiger partial charge in [-0.05, 0) is 110 Å². The van der Waals surface area contributed by atoms with E-state index in [1.807, 2.05) is 55.4 Å². The highest BCUT2D eigenvalue weighted by molar-refractivity contribution is 8.69. The summed E-state index contributed by atoms with van der Waals surface area (Å²) in [5.74, 6) is 1.09. The van der Waals surface area contributed by atoms with Gasteiger partial charge in [0.05, 0.1) is 43.2 Å². The number of aliphatic hydroxyl groups is 1. The van der Waals surface area contributed by atoms with Crippen LogP contribution in [0, 0.1) is 0 Å². The fourth-order valence-corrected chi connectivity index (χ4v) is 24.9. The molecule has 1 N–H and O–H groups in total. The van der Waals surface area contributed by atoms with Crippen LogP contribution in [-0.4, -0.2) is 65.1 Å². The van der Waals surface area contributed by atoms with E-state index in [0.29, 0.717) is 18.1 Å². The van der Waals surface area contributed by atoms with Crippen LogP contribution >= 0.6 is 51.2 Å². The first-order valence-corrected chi connectivity index (χ1v) is 38.5. The molecule has 0 heterocycles. The molecule has 0 spiro atoms. The highest BCUT2D eigenvalue weighted by Gasteiger charge is 2.33. The first-order valence-electron chi connectivity index (χ1n) is 25.9. The molecule has 0 aromatic rings. The van der Waals surface area contributed by atoms with Crippen molar-refractivity contribution in [3.8, 4) is 0 Å². The van der Waals surface area contributed by atoms with Crippen molar-refractivity contribution in [3.63, 3.8) is 0 Å². The van der Waals surface area contributed by atoms with E-state index in [9.17, 15) is 5.11 Å². The summed E-state index contributed by atoms with van der Waals surface area (Å²) in [6.45, 7) is 23.4. The summed E-state index contributed by atoms with van der Waals surface area (Å²) in [5.41, 5.74) is -8.32. The Bertz CT molecular complexity index is 1190. The fourth-order valence-electron chi connectivity index (χ4n) is 7.12. The zero-order chi connectivity index (χ0) is 48.1. The van der Waals surface area contributed by atoms with Gasteiger partial charge in [0.2, 0.25) is 17.1 Å². The van der Waals surface area contributed by atoms with Gasteiger partial charge in [-0.15, -0.1) is 0 Å². The topological polar surface area (TPSA) is 75.6 Å². The Labute approximate surface area is 425 Å². The van der Waals surface area contributed by atoms with Crippen molar-refractivity contribution in [2.45, 2.75) is 291 Å². The second kappa shape index (κ2) is 42.2. The molecule has 0 aromatic heterocycles. The molecule has 4 unspecified atom stereocenters. The molecule has 0 rings (SSSR count). The van der Waals surface area contributed by atoms with E-state index >= 15 is 0 Å². The molecule has 0 amide bonds. The van der Waals surface area contributed by atoms with Crippen molar-refractivity contribution in [2.75, 3.05) is 18.1 Å². The summed E-state index contributed by atoms with van der Waals surface area (Å²) in [6.07, 6.45) is 31.4. The maximum atomic E-state index is 11.4. The predicted molar refractivity (Wildman–Crippen MR) is 303 cm³/mol. The monoisotopic (exact) mass is 1070 g/mol. The number of unbranched alkanes of at least 4 members (excludes halogenated alkanes) is 21. The van der Waals surface area contributed by atoms with Gasteiger partial charge in [0, 0.05) is 16.8 Å². The van der Waals surface area contributed by atoms with Gasteiger partial charge in [0.25, 0.3) is 0 Å². The Morgan fingerprint density at radius 3 is 1.16 bits per heavy atom. The van der Waals surface area contributed by atoms with Crippen LogP contribution in [0.3, 0.4) is 0 Å². The predicted octanol–water partition coefficient (Wildman–Crippen LogP) is 19.3. The number of aliphatic hydroxyl groups excluding tert-OH is 1. The minimum atomic E-state index is -2.98. The largest absolute Gasteiger partial charge is 0.392 e. The molecule has 16 heteroatoms. The van der Waals surface area contributed by atoms with E-state index in [1.165, 1.54) is 133 Å². The Morgan fingerprint density at radius 2 is 0.750 bits per heavy atom. The van der Waals surface area contributed by atoms with Gasteiger partial charge in [0.15, 0.2) is 0 Å². The first-order chi connectivity index (χ1) is 30.4. The molecule has 7 nitrogen and oxygen atoms in total. The second-order valence-electron chi connectivity index (χ2n) is 18.7. The molecule has 0 radical (unpaired) electrons. The van der Waals surface area contributed by atoms with Crippen LogP contribution in [0.4, 0.5) is 0 Å². The quantitative estimate of drug-likeness (QED) is 0.0465. The van der Waals surface area contributed by atoms with Gasteiger partial charge in [0.1, 0.15) is 0 Å². The molecule has 0 aromatic carbocycles. The van der Waals surface area contributed by atoms with E-state index in [4.69, 9.17) is 62.6 Å². The zero-order valence-electron chi connectivity index (χ0n) is 42.9. The number of hydrogen-bond donors (Lipinski definition) is 1. The fraction of sp³-hybridized carbons (Fsp3) is 1.00. The zero-order valence-corrected chi connectivity index (χ0v) is 50.5. The van der Waals surface area contributed by atoms with Crippen LogP contribution in [0.1, 0.15) is 250 Å². The van der Waals surface area contributed by atoms with Gasteiger partial charge in [-0.25, -0.2) is 0 Å². The minimum absolute atomic E-state index is 0.0304. The molecule has 0 aliphatic rings. The third-order valence-electron chi connectivity index (χ3n) is 10.3. The Hall–Kier alpha value is 2.72. The third kappa shape index (κ3) is 40.3. The maximum Gasteiger partial charge on any atom is 0.248 e. The second-order valence-corrected chi connectivity index (χ2v) is 37.7. The van der Waals surface area contributed by atoms with E-state index in [-0.39, 0.29) is 35.8 Å². The molecule has 0 fully saturated rings. The van der Waals surface area contributed by atoms with Crippen molar-refractivity contribution in [2.24, 2.45) is 0 Å². The van der Waals surface area contributed by atoms with Crippen molar-refractivity contribution in [3.05, 3.63) is 0 Å². The minimum Gasteiger partial charge on any atom is -0.392 e. The normalized spacial score (nSPS) is 15.2. The molecule has 0 saturated carbocycles. The highest BCUT2D eigenvalue weighted by Crippen LogP contribution is 2.68. The van der Waals surface area contributed by atoms with Gasteiger partial charge < -0.3 is 32.2 Å². The molecule has 4 atom stereocenters. The van der Waals surface area contributed by atoms with Crippen LogP contribution in [-0.2, 0) is 62.6 Å². The van der Waals surface area contributed by atoms with Crippen molar-refractivity contribution in [1.29, 1.82) is 0 Å². The molecule has 0 aliphatic carbocycles. The average Bonchev–Trinajstić information content (AvgIpc) is 3.19. The standard InChI is InChI=1S/C48H101O7P3S6/c1-12-15-18-21-24-27-30-33-36-46(49)40-62-56(59,50-39-48(38-35-32-29-26-23-20-17-14-3)64-58(61,53-44(8)9)54-45(10)11)55-47(37-34-31-28-25-22-19-16-13-2)41-63-57(60,51-42(4)5)52-43(6)7/h42-49H,12-41H2,1-11H3. The SMILES string of the molecule is CCCCCCCCCCC(O)CSP(=S)(OCC(CCCCCCCCCC)SP(=S)(OC(C)C)OC(C)C)OC(CCCCCCCCCC)CSP(=S)(OC(C)C)OC(C)C. The summed E-state index contributed by atoms with van der Waals surface area (Å²) >= 11 is 23.7. The van der Waals surface area contributed by atoms with E-state index in [2.05, 4.69) is 20.8 Å². The lowest BCUT2D eigenvalue weighted by Crippen LogP contribution is -2.19. The average molecular weight is 1080 g/mol. The van der Waals surface area contributed by atoms with Crippen molar-refractivity contribution >= 4 is 86.6 Å².